The number of carbonyl (C=O) groups is 1. The first kappa shape index (κ1) is 22.5. The number of anilines is 1. The summed E-state index contributed by atoms with van der Waals surface area (Å²) in [6.45, 7) is 6.42. The van der Waals surface area contributed by atoms with Gasteiger partial charge in [0.1, 0.15) is 0 Å². The van der Waals surface area contributed by atoms with Crippen LogP contribution in [0.3, 0.4) is 0 Å². The standard InChI is InChI=1S/C29H39N3O/c1-2-19-31-27-16-10-9-15-26(27)28(24-13-7-4-8-14-24)32(29(31)33)25-17-20-30(21-18-25)22-23-11-5-3-6-12-23/h4,7-10,13-16,23,25,28H,2-3,5-6,11-12,17-22H2,1H3. The summed E-state index contributed by atoms with van der Waals surface area (Å²) in [5.74, 6) is 0.885. The second-order valence-electron chi connectivity index (χ2n) is 10.2. The molecule has 5 rings (SSSR count). The third kappa shape index (κ3) is 4.68. The number of amides is 2. The molecule has 2 aromatic carbocycles. The maximum Gasteiger partial charge on any atom is 0.325 e. The molecule has 176 valence electrons. The Bertz CT molecular complexity index is 915. The highest BCUT2D eigenvalue weighted by atomic mass is 16.2. The lowest BCUT2D eigenvalue weighted by molar-refractivity contribution is 0.0927. The molecule has 0 aromatic heterocycles. The largest absolute Gasteiger partial charge is 0.325 e. The van der Waals surface area contributed by atoms with Crippen LogP contribution in [0.5, 0.6) is 0 Å². The lowest BCUT2D eigenvalue weighted by Gasteiger charge is -2.48. The molecule has 3 aliphatic rings. The van der Waals surface area contributed by atoms with Gasteiger partial charge in [0.15, 0.2) is 0 Å². The fourth-order valence-corrected chi connectivity index (χ4v) is 6.36. The third-order valence-electron chi connectivity index (χ3n) is 8.01. The van der Waals surface area contributed by atoms with E-state index in [4.69, 9.17) is 0 Å². The smallest absolute Gasteiger partial charge is 0.310 e. The second kappa shape index (κ2) is 10.3. The van der Waals surface area contributed by atoms with E-state index in [2.05, 4.69) is 71.3 Å². The molecule has 2 fully saturated rings. The molecule has 0 radical (unpaired) electrons. The SMILES string of the molecule is CCCN1C(=O)N(C2CCN(CC3CCCCC3)CC2)C(c2ccccc2)c2ccccc21. The third-order valence-corrected chi connectivity index (χ3v) is 8.01. The first-order valence-corrected chi connectivity index (χ1v) is 13.2. The number of likely N-dealkylation sites (tertiary alicyclic amines) is 1. The number of hydrogen-bond donors (Lipinski definition) is 0. The summed E-state index contributed by atoms with van der Waals surface area (Å²) in [4.78, 5) is 20.9. The molecular formula is C29H39N3O. The minimum atomic E-state index is -0.00194. The Morgan fingerprint density at radius 1 is 0.848 bits per heavy atom. The van der Waals surface area contributed by atoms with E-state index >= 15 is 0 Å². The van der Waals surface area contributed by atoms with Gasteiger partial charge >= 0.3 is 6.03 Å². The first-order valence-electron chi connectivity index (χ1n) is 13.2. The highest BCUT2D eigenvalue weighted by molar-refractivity contribution is 5.96. The molecule has 1 saturated carbocycles. The van der Waals surface area contributed by atoms with Crippen molar-refractivity contribution in [3.8, 4) is 0 Å². The zero-order valence-electron chi connectivity index (χ0n) is 20.2. The number of benzene rings is 2. The number of fused-ring (bicyclic) bond motifs is 1. The Morgan fingerprint density at radius 2 is 1.55 bits per heavy atom. The van der Waals surface area contributed by atoms with Crippen molar-refractivity contribution >= 4 is 11.7 Å². The average Bonchev–Trinajstić information content (AvgIpc) is 2.87. The Labute approximate surface area is 199 Å². The molecule has 33 heavy (non-hydrogen) atoms. The van der Waals surface area contributed by atoms with Crippen molar-refractivity contribution < 1.29 is 4.79 Å². The molecule has 1 unspecified atom stereocenters. The summed E-state index contributed by atoms with van der Waals surface area (Å²) in [5, 5.41) is 0. The van der Waals surface area contributed by atoms with E-state index in [0.29, 0.717) is 0 Å². The Kier molecular flexibility index (Phi) is 7.01. The topological polar surface area (TPSA) is 26.8 Å². The van der Waals surface area contributed by atoms with Crippen molar-refractivity contribution in [3.05, 3.63) is 65.7 Å². The van der Waals surface area contributed by atoms with Gasteiger partial charge in [-0.05, 0) is 49.7 Å². The van der Waals surface area contributed by atoms with Crippen LogP contribution in [0.15, 0.2) is 54.6 Å². The molecule has 0 bridgehead atoms. The summed E-state index contributed by atoms with van der Waals surface area (Å²) in [6.07, 6.45) is 10.2. The van der Waals surface area contributed by atoms with Crippen LogP contribution in [0.4, 0.5) is 10.5 Å². The molecule has 0 N–H and O–H groups in total. The quantitative estimate of drug-likeness (QED) is 0.509. The number of hydrogen-bond acceptors (Lipinski definition) is 2. The van der Waals surface area contributed by atoms with E-state index in [9.17, 15) is 4.79 Å². The zero-order chi connectivity index (χ0) is 22.6. The van der Waals surface area contributed by atoms with Crippen molar-refractivity contribution in [2.24, 2.45) is 5.92 Å². The summed E-state index contributed by atoms with van der Waals surface area (Å²) in [7, 11) is 0. The predicted octanol–water partition coefficient (Wildman–Crippen LogP) is 6.47. The number of urea groups is 1. The van der Waals surface area contributed by atoms with Crippen LogP contribution in [-0.2, 0) is 0 Å². The van der Waals surface area contributed by atoms with Gasteiger partial charge in [-0.15, -0.1) is 0 Å². The lowest BCUT2D eigenvalue weighted by Crippen LogP contribution is -2.56. The minimum absolute atomic E-state index is 0.00194. The summed E-state index contributed by atoms with van der Waals surface area (Å²) in [6, 6.07) is 19.7. The highest BCUT2D eigenvalue weighted by Gasteiger charge is 2.42. The fourth-order valence-electron chi connectivity index (χ4n) is 6.36. The monoisotopic (exact) mass is 445 g/mol. The molecule has 1 aliphatic carbocycles. The van der Waals surface area contributed by atoms with E-state index < -0.39 is 0 Å². The van der Waals surface area contributed by atoms with Crippen molar-refractivity contribution in [1.82, 2.24) is 9.80 Å². The van der Waals surface area contributed by atoms with E-state index in [-0.39, 0.29) is 18.1 Å². The first-order chi connectivity index (χ1) is 16.3. The molecule has 2 amide bonds. The molecule has 2 heterocycles. The summed E-state index contributed by atoms with van der Waals surface area (Å²) in [5.41, 5.74) is 3.57. The van der Waals surface area contributed by atoms with Crippen molar-refractivity contribution in [3.63, 3.8) is 0 Å². The molecule has 0 spiro atoms. The van der Waals surface area contributed by atoms with Gasteiger partial charge in [0, 0.05) is 37.8 Å². The van der Waals surface area contributed by atoms with Crippen molar-refractivity contribution in [1.29, 1.82) is 0 Å². The molecular weight excluding hydrogens is 406 g/mol. The molecule has 4 nitrogen and oxygen atoms in total. The summed E-state index contributed by atoms with van der Waals surface area (Å²) >= 11 is 0. The molecule has 2 aromatic rings. The van der Waals surface area contributed by atoms with Crippen LogP contribution in [0.1, 0.15) is 75.5 Å². The number of para-hydroxylation sites is 1. The van der Waals surface area contributed by atoms with Gasteiger partial charge in [0.05, 0.1) is 11.7 Å². The van der Waals surface area contributed by atoms with Gasteiger partial charge < -0.3 is 9.80 Å². The van der Waals surface area contributed by atoms with Crippen molar-refractivity contribution in [2.45, 2.75) is 70.4 Å². The Morgan fingerprint density at radius 3 is 2.27 bits per heavy atom. The van der Waals surface area contributed by atoms with E-state index in [0.717, 1.165) is 50.5 Å². The second-order valence-corrected chi connectivity index (χ2v) is 10.2. The Hall–Kier alpha value is -2.33. The van der Waals surface area contributed by atoms with Crippen molar-refractivity contribution in [2.75, 3.05) is 31.1 Å². The number of nitrogens with zero attached hydrogens (tertiary/aromatic N) is 3. The van der Waals surface area contributed by atoms with Gasteiger partial charge in [0.25, 0.3) is 0 Å². The van der Waals surface area contributed by atoms with E-state index in [1.807, 2.05) is 4.90 Å². The molecule has 1 atom stereocenters. The van der Waals surface area contributed by atoms with Crippen LogP contribution >= 0.6 is 0 Å². The van der Waals surface area contributed by atoms with Crippen LogP contribution in [0.25, 0.3) is 0 Å². The molecule has 2 aliphatic heterocycles. The normalized spacial score (nSPS) is 23.1. The maximum atomic E-state index is 14.0. The van der Waals surface area contributed by atoms with Gasteiger partial charge in [-0.25, -0.2) is 4.79 Å². The number of rotatable bonds is 6. The number of piperidine rings is 1. The predicted molar refractivity (Wildman–Crippen MR) is 136 cm³/mol. The minimum Gasteiger partial charge on any atom is -0.310 e. The molecule has 4 heteroatoms. The number of carbonyl (C=O) groups excluding carboxylic acids is 1. The lowest BCUT2D eigenvalue weighted by atomic mass is 9.87. The fraction of sp³-hybridized carbons (Fsp3) is 0.552. The Balaban J connectivity index is 1.40. The maximum absolute atomic E-state index is 14.0. The van der Waals surface area contributed by atoms with Crippen LogP contribution in [-0.4, -0.2) is 48.1 Å². The zero-order valence-corrected chi connectivity index (χ0v) is 20.2. The van der Waals surface area contributed by atoms with Gasteiger partial charge in [0.2, 0.25) is 0 Å². The van der Waals surface area contributed by atoms with Gasteiger partial charge in [-0.3, -0.25) is 4.90 Å². The van der Waals surface area contributed by atoms with Gasteiger partial charge in [-0.1, -0.05) is 74.7 Å². The summed E-state index contributed by atoms with van der Waals surface area (Å²) < 4.78 is 0. The van der Waals surface area contributed by atoms with Crippen LogP contribution < -0.4 is 4.90 Å². The highest BCUT2D eigenvalue weighted by Crippen LogP contribution is 2.43. The van der Waals surface area contributed by atoms with Crippen LogP contribution in [0, 0.1) is 5.92 Å². The molecule has 1 saturated heterocycles. The van der Waals surface area contributed by atoms with E-state index in [1.165, 1.54) is 49.8 Å². The van der Waals surface area contributed by atoms with E-state index in [1.54, 1.807) is 0 Å². The average molecular weight is 446 g/mol. The van der Waals surface area contributed by atoms with Crippen LogP contribution in [0.2, 0.25) is 0 Å². The van der Waals surface area contributed by atoms with Gasteiger partial charge in [-0.2, -0.15) is 0 Å².